The molecule has 0 unspecified atom stereocenters. The van der Waals surface area contributed by atoms with E-state index in [1.54, 1.807) is 0 Å². The molecule has 0 N–H and O–H groups in total. The number of fused-ring (bicyclic) bond motifs is 2. The van der Waals surface area contributed by atoms with Crippen LogP contribution in [0.4, 0.5) is 5.69 Å². The van der Waals surface area contributed by atoms with Crippen molar-refractivity contribution in [2.45, 2.75) is 13.0 Å². The van der Waals surface area contributed by atoms with Crippen LogP contribution in [0.25, 0.3) is 0 Å². The number of hydrogen-bond donors (Lipinski definition) is 0. The van der Waals surface area contributed by atoms with Crippen molar-refractivity contribution in [3.05, 3.63) is 65.2 Å². The second kappa shape index (κ2) is 5.17. The second-order valence-corrected chi connectivity index (χ2v) is 5.50. The van der Waals surface area contributed by atoms with Crippen molar-refractivity contribution in [2.75, 3.05) is 18.0 Å². The summed E-state index contributed by atoms with van der Waals surface area (Å²) in [7, 11) is 0. The topological polar surface area (TPSA) is 28.0 Å². The minimum atomic E-state index is 0.724. The predicted molar refractivity (Wildman–Crippen MR) is 87.5 cm³/mol. The monoisotopic (exact) mass is 275 g/mol. The summed E-state index contributed by atoms with van der Waals surface area (Å²) < 4.78 is 0. The van der Waals surface area contributed by atoms with Crippen molar-refractivity contribution in [2.24, 2.45) is 9.98 Å². The van der Waals surface area contributed by atoms with E-state index in [2.05, 4.69) is 63.4 Å². The van der Waals surface area contributed by atoms with Crippen LogP contribution in [0.1, 0.15) is 16.7 Å². The Bertz CT molecular complexity index is 731. The molecule has 2 aliphatic heterocycles. The summed E-state index contributed by atoms with van der Waals surface area (Å²) in [5, 5.41) is 0. The summed E-state index contributed by atoms with van der Waals surface area (Å²) in [4.78, 5) is 11.2. The molecule has 3 nitrogen and oxygen atoms in total. The zero-order valence-corrected chi connectivity index (χ0v) is 11.9. The van der Waals surface area contributed by atoms with E-state index in [1.165, 1.54) is 22.4 Å². The summed E-state index contributed by atoms with van der Waals surface area (Å²) in [6.07, 6.45) is 2.88. The summed E-state index contributed by atoms with van der Waals surface area (Å²) in [5.41, 5.74) is 5.50. The minimum Gasteiger partial charge on any atom is -0.359 e. The zero-order chi connectivity index (χ0) is 14.1. The normalized spacial score (nSPS) is 16.2. The molecule has 0 amide bonds. The van der Waals surface area contributed by atoms with Crippen LogP contribution in [0.15, 0.2) is 58.5 Å². The Morgan fingerprint density at radius 2 is 1.67 bits per heavy atom. The first-order valence-electron chi connectivity index (χ1n) is 7.35. The quantitative estimate of drug-likeness (QED) is 0.827. The van der Waals surface area contributed by atoms with Gasteiger partial charge in [-0.05, 0) is 29.2 Å². The van der Waals surface area contributed by atoms with Crippen LogP contribution in [-0.4, -0.2) is 25.1 Å². The molecule has 0 saturated carbocycles. The van der Waals surface area contributed by atoms with Gasteiger partial charge in [-0.3, -0.25) is 4.99 Å². The Labute approximate surface area is 124 Å². The Morgan fingerprint density at radius 3 is 2.48 bits per heavy atom. The molecule has 2 aliphatic rings. The standard InChI is InChI=1S/C18H17N3/c1-2-7-16-12-21(13-18-19-9-10-20-18)17-8-4-3-6-15(17)11-14(16)5-1/h1-9H,10-13H2. The Kier molecular flexibility index (Phi) is 3.03. The molecule has 104 valence electrons. The van der Waals surface area contributed by atoms with Gasteiger partial charge in [-0.1, -0.05) is 42.5 Å². The van der Waals surface area contributed by atoms with E-state index in [-0.39, 0.29) is 0 Å². The molecule has 2 aromatic carbocycles. The maximum absolute atomic E-state index is 4.44. The molecular weight excluding hydrogens is 258 g/mol. The molecule has 0 fully saturated rings. The average Bonchev–Trinajstić information content (AvgIpc) is 2.96. The molecule has 0 aromatic heterocycles. The van der Waals surface area contributed by atoms with Crippen molar-refractivity contribution in [1.29, 1.82) is 0 Å². The Hall–Kier alpha value is -2.42. The lowest BCUT2D eigenvalue weighted by atomic mass is 10.0. The molecule has 0 aliphatic carbocycles. The molecule has 0 radical (unpaired) electrons. The average molecular weight is 275 g/mol. The molecular formula is C18H17N3. The molecule has 0 saturated heterocycles. The van der Waals surface area contributed by atoms with Crippen LogP contribution >= 0.6 is 0 Å². The van der Waals surface area contributed by atoms with E-state index in [4.69, 9.17) is 0 Å². The fraction of sp³-hybridized carbons (Fsp3) is 0.222. The number of benzene rings is 2. The summed E-state index contributed by atoms with van der Waals surface area (Å²) in [6, 6.07) is 17.4. The number of para-hydroxylation sites is 1. The van der Waals surface area contributed by atoms with Gasteiger partial charge in [0.25, 0.3) is 0 Å². The lowest BCUT2D eigenvalue weighted by molar-refractivity contribution is 0.882. The zero-order valence-electron chi connectivity index (χ0n) is 11.9. The second-order valence-electron chi connectivity index (χ2n) is 5.50. The molecule has 0 bridgehead atoms. The smallest absolute Gasteiger partial charge is 0.142 e. The summed E-state index contributed by atoms with van der Waals surface area (Å²) in [6.45, 7) is 2.42. The van der Waals surface area contributed by atoms with E-state index in [0.717, 1.165) is 31.9 Å². The van der Waals surface area contributed by atoms with Gasteiger partial charge in [-0.25, -0.2) is 4.99 Å². The highest BCUT2D eigenvalue weighted by atomic mass is 15.2. The largest absolute Gasteiger partial charge is 0.359 e. The van der Waals surface area contributed by atoms with Gasteiger partial charge in [0.2, 0.25) is 0 Å². The van der Waals surface area contributed by atoms with Crippen LogP contribution in [-0.2, 0) is 13.0 Å². The van der Waals surface area contributed by atoms with Gasteiger partial charge in [0.15, 0.2) is 0 Å². The fourth-order valence-electron chi connectivity index (χ4n) is 3.08. The molecule has 0 spiro atoms. The number of hydrogen-bond acceptors (Lipinski definition) is 3. The molecule has 3 heteroatoms. The van der Waals surface area contributed by atoms with Gasteiger partial charge in [0, 0.05) is 18.4 Å². The van der Waals surface area contributed by atoms with Crippen LogP contribution in [0, 0.1) is 0 Å². The Morgan fingerprint density at radius 1 is 0.905 bits per heavy atom. The third-order valence-corrected chi connectivity index (χ3v) is 4.12. The van der Waals surface area contributed by atoms with Crippen LogP contribution in [0.2, 0.25) is 0 Å². The van der Waals surface area contributed by atoms with Crippen LogP contribution in [0.5, 0.6) is 0 Å². The lowest BCUT2D eigenvalue weighted by Crippen LogP contribution is -2.28. The number of anilines is 1. The minimum absolute atomic E-state index is 0.724. The Balaban J connectivity index is 1.76. The molecule has 0 atom stereocenters. The first-order valence-corrected chi connectivity index (χ1v) is 7.35. The van der Waals surface area contributed by atoms with Gasteiger partial charge in [0.1, 0.15) is 5.84 Å². The highest BCUT2D eigenvalue weighted by Crippen LogP contribution is 2.30. The summed E-state index contributed by atoms with van der Waals surface area (Å²) >= 11 is 0. The number of nitrogens with zero attached hydrogens (tertiary/aromatic N) is 3. The van der Waals surface area contributed by atoms with Crippen molar-refractivity contribution < 1.29 is 0 Å². The van der Waals surface area contributed by atoms with E-state index in [0.29, 0.717) is 0 Å². The van der Waals surface area contributed by atoms with E-state index in [9.17, 15) is 0 Å². The predicted octanol–water partition coefficient (Wildman–Crippen LogP) is 3.08. The molecule has 4 rings (SSSR count). The lowest BCUT2D eigenvalue weighted by Gasteiger charge is -2.24. The van der Waals surface area contributed by atoms with Gasteiger partial charge in [-0.15, -0.1) is 0 Å². The van der Waals surface area contributed by atoms with Crippen molar-refractivity contribution in [1.82, 2.24) is 0 Å². The first-order chi connectivity index (χ1) is 10.4. The molecule has 2 heterocycles. The van der Waals surface area contributed by atoms with Crippen molar-refractivity contribution in [3.8, 4) is 0 Å². The van der Waals surface area contributed by atoms with Gasteiger partial charge >= 0.3 is 0 Å². The first kappa shape index (κ1) is 12.3. The summed E-state index contributed by atoms with van der Waals surface area (Å²) in [5.74, 6) is 0.934. The number of rotatable bonds is 2. The van der Waals surface area contributed by atoms with Crippen LogP contribution < -0.4 is 4.90 Å². The SMILES string of the molecule is C1=NC(CN2Cc3ccccc3Cc3ccccc32)=NC1. The van der Waals surface area contributed by atoms with E-state index in [1.807, 2.05) is 6.21 Å². The maximum atomic E-state index is 4.44. The highest BCUT2D eigenvalue weighted by molar-refractivity contribution is 5.97. The van der Waals surface area contributed by atoms with Gasteiger partial charge in [0.05, 0.1) is 13.1 Å². The van der Waals surface area contributed by atoms with E-state index >= 15 is 0 Å². The number of amidine groups is 1. The van der Waals surface area contributed by atoms with Crippen LogP contribution in [0.3, 0.4) is 0 Å². The fourth-order valence-corrected chi connectivity index (χ4v) is 3.08. The van der Waals surface area contributed by atoms with E-state index < -0.39 is 0 Å². The van der Waals surface area contributed by atoms with Crippen molar-refractivity contribution in [3.63, 3.8) is 0 Å². The molecule has 2 aromatic rings. The van der Waals surface area contributed by atoms with Gasteiger partial charge in [-0.2, -0.15) is 0 Å². The highest BCUT2D eigenvalue weighted by Gasteiger charge is 2.20. The third-order valence-electron chi connectivity index (χ3n) is 4.12. The maximum Gasteiger partial charge on any atom is 0.142 e. The van der Waals surface area contributed by atoms with Crippen molar-refractivity contribution >= 4 is 17.7 Å². The third kappa shape index (κ3) is 2.35. The molecule has 21 heavy (non-hydrogen) atoms. The number of aliphatic imine (C=N–C) groups is 2. The van der Waals surface area contributed by atoms with Gasteiger partial charge < -0.3 is 4.90 Å².